The van der Waals surface area contributed by atoms with Crippen LogP contribution in [0.5, 0.6) is 0 Å². The summed E-state index contributed by atoms with van der Waals surface area (Å²) in [4.78, 5) is 12.2. The second-order valence-corrected chi connectivity index (χ2v) is 4.29. The molecule has 1 N–H and O–H groups in total. The van der Waals surface area contributed by atoms with E-state index in [4.69, 9.17) is 5.11 Å². The van der Waals surface area contributed by atoms with Crippen molar-refractivity contribution >= 4 is 17.3 Å². The summed E-state index contributed by atoms with van der Waals surface area (Å²) in [6.07, 6.45) is 0. The van der Waals surface area contributed by atoms with Crippen LogP contribution in [-0.4, -0.2) is 17.6 Å². The number of benzene rings is 2. The van der Waals surface area contributed by atoms with Crippen LogP contribution < -0.4 is 4.90 Å². The molecule has 0 aliphatic heterocycles. The molecule has 21 heavy (non-hydrogen) atoms. The van der Waals surface area contributed by atoms with E-state index in [9.17, 15) is 18.0 Å². The Hall–Kier alpha value is -2.50. The zero-order valence-electron chi connectivity index (χ0n) is 11.1. The second-order valence-electron chi connectivity index (χ2n) is 4.29. The number of rotatable bonds is 4. The van der Waals surface area contributed by atoms with Gasteiger partial charge in [0.1, 0.15) is 5.82 Å². The summed E-state index contributed by atoms with van der Waals surface area (Å²) in [7, 11) is 0. The molecule has 110 valence electrons. The van der Waals surface area contributed by atoms with E-state index in [0.717, 1.165) is 6.07 Å². The normalized spacial score (nSPS) is 10.5. The van der Waals surface area contributed by atoms with Crippen molar-refractivity contribution in [3.05, 3.63) is 59.4 Å². The SMILES string of the molecule is CCN(c1ccc(F)cc1)c1ccc(C(=O)O)c(F)c1F. The van der Waals surface area contributed by atoms with E-state index in [1.807, 2.05) is 0 Å². The zero-order valence-corrected chi connectivity index (χ0v) is 11.1. The van der Waals surface area contributed by atoms with E-state index in [2.05, 4.69) is 0 Å². The van der Waals surface area contributed by atoms with E-state index in [1.165, 1.54) is 35.2 Å². The molecule has 0 saturated heterocycles. The van der Waals surface area contributed by atoms with Crippen molar-refractivity contribution in [2.45, 2.75) is 6.92 Å². The molecule has 0 amide bonds. The average Bonchev–Trinajstić information content (AvgIpc) is 2.45. The van der Waals surface area contributed by atoms with Crippen LogP contribution in [0.25, 0.3) is 0 Å². The van der Waals surface area contributed by atoms with Gasteiger partial charge in [-0.2, -0.15) is 0 Å². The van der Waals surface area contributed by atoms with E-state index in [1.54, 1.807) is 6.92 Å². The molecule has 0 aliphatic carbocycles. The molecule has 0 heterocycles. The minimum Gasteiger partial charge on any atom is -0.478 e. The lowest BCUT2D eigenvalue weighted by molar-refractivity contribution is 0.0690. The molecule has 0 bridgehead atoms. The second kappa shape index (κ2) is 5.87. The van der Waals surface area contributed by atoms with E-state index < -0.39 is 29.0 Å². The molecule has 6 heteroatoms. The molecular formula is C15H12F3NO2. The number of carboxylic acids is 1. The number of carbonyl (C=O) groups is 1. The van der Waals surface area contributed by atoms with Gasteiger partial charge < -0.3 is 10.0 Å². The molecular weight excluding hydrogens is 283 g/mol. The Bertz CT molecular complexity index is 671. The quantitative estimate of drug-likeness (QED) is 0.928. The zero-order chi connectivity index (χ0) is 15.6. The lowest BCUT2D eigenvalue weighted by Crippen LogP contribution is -2.19. The van der Waals surface area contributed by atoms with Crippen molar-refractivity contribution in [3.8, 4) is 0 Å². The number of aromatic carboxylic acids is 1. The molecule has 0 atom stereocenters. The maximum Gasteiger partial charge on any atom is 0.338 e. The lowest BCUT2D eigenvalue weighted by atomic mass is 10.1. The lowest BCUT2D eigenvalue weighted by Gasteiger charge is -2.24. The highest BCUT2D eigenvalue weighted by atomic mass is 19.2. The van der Waals surface area contributed by atoms with E-state index in [-0.39, 0.29) is 5.69 Å². The Labute approximate surface area is 119 Å². The number of anilines is 2. The fourth-order valence-corrected chi connectivity index (χ4v) is 2.03. The Morgan fingerprint density at radius 2 is 1.67 bits per heavy atom. The number of carboxylic acid groups (broad SMARTS) is 1. The van der Waals surface area contributed by atoms with Crippen LogP contribution in [0.3, 0.4) is 0 Å². The predicted molar refractivity (Wildman–Crippen MR) is 72.4 cm³/mol. The van der Waals surface area contributed by atoms with Gasteiger partial charge in [0.2, 0.25) is 0 Å². The minimum absolute atomic E-state index is 0.105. The topological polar surface area (TPSA) is 40.5 Å². The molecule has 2 aromatic rings. The van der Waals surface area contributed by atoms with Crippen LogP contribution >= 0.6 is 0 Å². The smallest absolute Gasteiger partial charge is 0.338 e. The molecule has 0 aliphatic rings. The number of hydrogen-bond acceptors (Lipinski definition) is 2. The van der Waals surface area contributed by atoms with Gasteiger partial charge in [0.15, 0.2) is 11.6 Å². The molecule has 0 fully saturated rings. The third-order valence-corrected chi connectivity index (χ3v) is 3.04. The number of hydrogen-bond donors (Lipinski definition) is 1. The summed E-state index contributed by atoms with van der Waals surface area (Å²) in [6.45, 7) is 2.01. The van der Waals surface area contributed by atoms with Crippen molar-refractivity contribution in [2.24, 2.45) is 0 Å². The van der Waals surface area contributed by atoms with Crippen molar-refractivity contribution in [1.82, 2.24) is 0 Å². The van der Waals surface area contributed by atoms with Crippen molar-refractivity contribution in [3.63, 3.8) is 0 Å². The molecule has 0 aromatic heterocycles. The maximum atomic E-state index is 14.1. The first kappa shape index (κ1) is 14.9. The average molecular weight is 295 g/mol. The van der Waals surface area contributed by atoms with Crippen LogP contribution in [0.4, 0.5) is 24.5 Å². The van der Waals surface area contributed by atoms with Gasteiger partial charge >= 0.3 is 5.97 Å². The Morgan fingerprint density at radius 3 is 2.19 bits per heavy atom. The summed E-state index contributed by atoms with van der Waals surface area (Å²) in [5, 5.41) is 8.76. The summed E-state index contributed by atoms with van der Waals surface area (Å²) < 4.78 is 40.7. The molecule has 2 rings (SSSR count). The Balaban J connectivity index is 2.50. The molecule has 0 radical (unpaired) electrons. The van der Waals surface area contributed by atoms with E-state index in [0.29, 0.717) is 12.2 Å². The molecule has 0 saturated carbocycles. The van der Waals surface area contributed by atoms with Gasteiger partial charge in [-0.15, -0.1) is 0 Å². The first-order valence-electron chi connectivity index (χ1n) is 6.20. The van der Waals surface area contributed by atoms with Gasteiger partial charge in [-0.3, -0.25) is 0 Å². The number of nitrogens with zero attached hydrogens (tertiary/aromatic N) is 1. The summed E-state index contributed by atoms with van der Waals surface area (Å²) in [5.41, 5.74) is -0.363. The Morgan fingerprint density at radius 1 is 1.05 bits per heavy atom. The van der Waals surface area contributed by atoms with E-state index >= 15 is 0 Å². The summed E-state index contributed by atoms with van der Waals surface area (Å²) in [6, 6.07) is 7.47. The van der Waals surface area contributed by atoms with Crippen LogP contribution in [-0.2, 0) is 0 Å². The summed E-state index contributed by atoms with van der Waals surface area (Å²) >= 11 is 0. The first-order valence-corrected chi connectivity index (χ1v) is 6.20. The highest BCUT2D eigenvalue weighted by molar-refractivity contribution is 5.88. The number of halogens is 3. The van der Waals surface area contributed by atoms with Gasteiger partial charge in [-0.1, -0.05) is 0 Å². The largest absolute Gasteiger partial charge is 0.478 e. The van der Waals surface area contributed by atoms with Crippen LogP contribution in [0.2, 0.25) is 0 Å². The highest BCUT2D eigenvalue weighted by Crippen LogP contribution is 2.30. The molecule has 0 unspecified atom stereocenters. The molecule has 2 aromatic carbocycles. The van der Waals surface area contributed by atoms with Gasteiger partial charge in [-0.05, 0) is 43.3 Å². The van der Waals surface area contributed by atoms with Crippen LogP contribution in [0.1, 0.15) is 17.3 Å². The first-order chi connectivity index (χ1) is 9.95. The fourth-order valence-electron chi connectivity index (χ4n) is 2.03. The Kier molecular flexibility index (Phi) is 4.16. The highest BCUT2D eigenvalue weighted by Gasteiger charge is 2.21. The van der Waals surface area contributed by atoms with Crippen molar-refractivity contribution < 1.29 is 23.1 Å². The van der Waals surface area contributed by atoms with Gasteiger partial charge in [0.05, 0.1) is 11.3 Å². The minimum atomic E-state index is -1.54. The summed E-state index contributed by atoms with van der Waals surface area (Å²) in [5.74, 6) is -4.65. The third-order valence-electron chi connectivity index (χ3n) is 3.04. The van der Waals surface area contributed by atoms with Gasteiger partial charge in [0, 0.05) is 12.2 Å². The molecule has 0 spiro atoms. The molecule has 3 nitrogen and oxygen atoms in total. The van der Waals surface area contributed by atoms with Crippen molar-refractivity contribution in [2.75, 3.05) is 11.4 Å². The van der Waals surface area contributed by atoms with Crippen LogP contribution in [0.15, 0.2) is 36.4 Å². The maximum absolute atomic E-state index is 14.1. The van der Waals surface area contributed by atoms with Gasteiger partial charge in [-0.25, -0.2) is 18.0 Å². The third kappa shape index (κ3) is 2.84. The predicted octanol–water partition coefficient (Wildman–Crippen LogP) is 3.96. The monoisotopic (exact) mass is 295 g/mol. The van der Waals surface area contributed by atoms with Crippen LogP contribution in [0, 0.1) is 17.5 Å². The van der Waals surface area contributed by atoms with Gasteiger partial charge in [0.25, 0.3) is 0 Å². The fraction of sp³-hybridized carbons (Fsp3) is 0.133. The standard InChI is InChI=1S/C15H12F3NO2/c1-2-19(10-5-3-9(16)4-6-10)12-8-7-11(15(20)21)13(17)14(12)18/h3-8H,2H2,1H3,(H,20,21). The van der Waals surface area contributed by atoms with Crippen molar-refractivity contribution in [1.29, 1.82) is 0 Å².